The molecule has 0 aliphatic rings. The first-order valence-corrected chi connectivity index (χ1v) is 8.71. The van der Waals surface area contributed by atoms with Crippen molar-refractivity contribution in [3.8, 4) is 0 Å². The van der Waals surface area contributed by atoms with E-state index in [4.69, 9.17) is 0 Å². The fraction of sp³-hybridized carbons (Fsp3) is 0.571. The molecule has 0 aliphatic carbocycles. The predicted octanol–water partition coefficient (Wildman–Crippen LogP) is 2.97. The Balaban J connectivity index is 2.82. The Morgan fingerprint density at radius 3 is 2.19 bits per heavy atom. The molecule has 0 amide bonds. The third-order valence-electron chi connectivity index (χ3n) is 3.25. The summed E-state index contributed by atoms with van der Waals surface area (Å²) in [4.78, 5) is 0. The monoisotopic (exact) mass is 323 g/mol. The zero-order valence-corrected chi connectivity index (χ0v) is 12.9. The van der Waals surface area contributed by atoms with Crippen molar-refractivity contribution in [1.82, 2.24) is 5.32 Å². The summed E-state index contributed by atoms with van der Waals surface area (Å²) >= 11 is 0. The Kier molecular flexibility index (Phi) is 6.67. The molecule has 3 nitrogen and oxygen atoms in total. The second kappa shape index (κ2) is 7.79. The van der Waals surface area contributed by atoms with Gasteiger partial charge in [0.2, 0.25) is 0 Å². The van der Waals surface area contributed by atoms with Gasteiger partial charge in [0, 0.05) is 11.8 Å². The second-order valence-corrected chi connectivity index (χ2v) is 7.26. The van der Waals surface area contributed by atoms with Gasteiger partial charge in [-0.1, -0.05) is 13.8 Å². The maximum atomic E-state index is 13.3. The van der Waals surface area contributed by atoms with Crippen LogP contribution in [0.5, 0.6) is 0 Å². The number of benzene rings is 1. The van der Waals surface area contributed by atoms with Gasteiger partial charge in [0.25, 0.3) is 0 Å². The van der Waals surface area contributed by atoms with Crippen LogP contribution in [0.2, 0.25) is 0 Å². The molecule has 1 aromatic carbocycles. The lowest BCUT2D eigenvalue weighted by atomic mass is 10.0. The molecule has 0 saturated carbocycles. The minimum Gasteiger partial charge on any atom is -0.310 e. The average Bonchev–Trinajstić information content (AvgIpc) is 2.43. The van der Waals surface area contributed by atoms with Crippen molar-refractivity contribution in [2.45, 2.75) is 32.7 Å². The summed E-state index contributed by atoms with van der Waals surface area (Å²) in [7, 11) is -3.07. The van der Waals surface area contributed by atoms with E-state index in [-0.39, 0.29) is 17.1 Å². The van der Waals surface area contributed by atoms with Crippen LogP contribution in [0.25, 0.3) is 0 Å². The third kappa shape index (κ3) is 5.32. The first kappa shape index (κ1) is 18.0. The van der Waals surface area contributed by atoms with Gasteiger partial charge in [0.05, 0.1) is 5.75 Å². The lowest BCUT2D eigenvalue weighted by Crippen LogP contribution is -2.22. The SMILES string of the molecule is CCNC(CCCS(=O)(=O)CC)c1cc(F)c(F)c(F)c1. The molecule has 21 heavy (non-hydrogen) atoms. The van der Waals surface area contributed by atoms with Gasteiger partial charge >= 0.3 is 0 Å². The Labute approximate surface area is 123 Å². The van der Waals surface area contributed by atoms with E-state index < -0.39 is 33.3 Å². The maximum absolute atomic E-state index is 13.3. The molecular formula is C14H20F3NO2S. The van der Waals surface area contributed by atoms with Crippen molar-refractivity contribution < 1.29 is 21.6 Å². The molecule has 1 unspecified atom stereocenters. The maximum Gasteiger partial charge on any atom is 0.194 e. The van der Waals surface area contributed by atoms with Gasteiger partial charge in [-0.15, -0.1) is 0 Å². The Morgan fingerprint density at radius 2 is 1.71 bits per heavy atom. The summed E-state index contributed by atoms with van der Waals surface area (Å²) in [5, 5.41) is 3.03. The number of hydrogen-bond donors (Lipinski definition) is 1. The molecule has 1 rings (SSSR count). The highest BCUT2D eigenvalue weighted by molar-refractivity contribution is 7.91. The van der Waals surface area contributed by atoms with Crippen LogP contribution < -0.4 is 5.32 Å². The molecule has 0 aliphatic heterocycles. The molecule has 1 aromatic rings. The summed E-state index contributed by atoms with van der Waals surface area (Å²) in [6.45, 7) is 3.94. The lowest BCUT2D eigenvalue weighted by molar-refractivity contribution is 0.436. The molecule has 120 valence electrons. The van der Waals surface area contributed by atoms with Crippen LogP contribution in [-0.4, -0.2) is 26.5 Å². The van der Waals surface area contributed by atoms with E-state index in [9.17, 15) is 21.6 Å². The predicted molar refractivity (Wildman–Crippen MR) is 76.3 cm³/mol. The van der Waals surface area contributed by atoms with Crippen molar-refractivity contribution >= 4 is 9.84 Å². The summed E-state index contributed by atoms with van der Waals surface area (Å²) in [5.74, 6) is -3.89. The van der Waals surface area contributed by atoms with Crippen LogP contribution >= 0.6 is 0 Å². The van der Waals surface area contributed by atoms with Crippen molar-refractivity contribution in [2.75, 3.05) is 18.1 Å². The van der Waals surface area contributed by atoms with Crippen molar-refractivity contribution in [2.24, 2.45) is 0 Å². The highest BCUT2D eigenvalue weighted by atomic mass is 32.2. The minimum absolute atomic E-state index is 0.0254. The first-order valence-electron chi connectivity index (χ1n) is 6.89. The third-order valence-corrected chi connectivity index (χ3v) is 5.04. The lowest BCUT2D eigenvalue weighted by Gasteiger charge is -2.18. The average molecular weight is 323 g/mol. The molecule has 0 radical (unpaired) electrons. The van der Waals surface area contributed by atoms with E-state index in [0.717, 1.165) is 12.1 Å². The van der Waals surface area contributed by atoms with Crippen LogP contribution in [-0.2, 0) is 9.84 Å². The smallest absolute Gasteiger partial charge is 0.194 e. The van der Waals surface area contributed by atoms with Crippen molar-refractivity contribution in [1.29, 1.82) is 0 Å². The summed E-state index contributed by atoms with van der Waals surface area (Å²) in [6, 6.07) is 1.48. The molecule has 0 bridgehead atoms. The highest BCUT2D eigenvalue weighted by Gasteiger charge is 2.17. The van der Waals surface area contributed by atoms with Crippen LogP contribution in [0.3, 0.4) is 0 Å². The number of rotatable bonds is 8. The number of sulfone groups is 1. The topological polar surface area (TPSA) is 46.2 Å². The fourth-order valence-corrected chi connectivity index (χ4v) is 2.96. The summed E-state index contributed by atoms with van der Waals surface area (Å²) < 4.78 is 62.4. The molecule has 0 saturated heterocycles. The van der Waals surface area contributed by atoms with E-state index in [1.807, 2.05) is 6.92 Å². The van der Waals surface area contributed by atoms with Gasteiger partial charge < -0.3 is 5.32 Å². The zero-order valence-electron chi connectivity index (χ0n) is 12.1. The van der Waals surface area contributed by atoms with Crippen LogP contribution in [0.4, 0.5) is 13.2 Å². The summed E-state index contributed by atoms with van der Waals surface area (Å²) in [6.07, 6.45) is 0.770. The number of halogens is 3. The molecule has 0 fully saturated rings. The molecule has 0 aromatic heterocycles. The highest BCUT2D eigenvalue weighted by Crippen LogP contribution is 2.23. The van der Waals surface area contributed by atoms with E-state index >= 15 is 0 Å². The molecule has 1 atom stereocenters. The van der Waals surface area contributed by atoms with Gasteiger partial charge in [-0.3, -0.25) is 0 Å². The van der Waals surface area contributed by atoms with Gasteiger partial charge in [-0.05, 0) is 37.1 Å². The first-order chi connectivity index (χ1) is 9.80. The second-order valence-electron chi connectivity index (χ2n) is 4.79. The standard InChI is InChI=1S/C14H20F3NO2S/c1-3-18-13(6-5-7-21(19,20)4-2)10-8-11(15)14(17)12(16)9-10/h8-9,13,18H,3-7H2,1-2H3. The molecular weight excluding hydrogens is 303 g/mol. The van der Waals surface area contributed by atoms with Crippen molar-refractivity contribution in [3.05, 3.63) is 35.1 Å². The van der Waals surface area contributed by atoms with Crippen LogP contribution in [0.1, 0.15) is 38.3 Å². The number of nitrogens with one attached hydrogen (secondary N) is 1. The zero-order chi connectivity index (χ0) is 16.0. The summed E-state index contributed by atoms with van der Waals surface area (Å²) in [5.41, 5.74) is 0.280. The van der Waals surface area contributed by atoms with Crippen LogP contribution in [0, 0.1) is 17.5 Å². The largest absolute Gasteiger partial charge is 0.310 e. The molecule has 1 N–H and O–H groups in total. The van der Waals surface area contributed by atoms with Gasteiger partial charge in [0.15, 0.2) is 17.5 Å². The number of hydrogen-bond acceptors (Lipinski definition) is 3. The van der Waals surface area contributed by atoms with Crippen molar-refractivity contribution in [3.63, 3.8) is 0 Å². The van der Waals surface area contributed by atoms with E-state index in [2.05, 4.69) is 5.32 Å². The van der Waals surface area contributed by atoms with Gasteiger partial charge in [-0.25, -0.2) is 21.6 Å². The molecule has 7 heteroatoms. The van der Waals surface area contributed by atoms with E-state index in [1.54, 1.807) is 6.92 Å². The van der Waals surface area contributed by atoms with Gasteiger partial charge in [-0.2, -0.15) is 0 Å². The Bertz CT molecular complexity index is 553. The molecule has 0 heterocycles. The Morgan fingerprint density at radius 1 is 1.14 bits per heavy atom. The van der Waals surface area contributed by atoms with E-state index in [1.165, 1.54) is 0 Å². The Hall–Kier alpha value is -1.08. The minimum atomic E-state index is -3.07. The van der Waals surface area contributed by atoms with E-state index in [0.29, 0.717) is 19.4 Å². The normalized spacial score (nSPS) is 13.4. The van der Waals surface area contributed by atoms with Crippen LogP contribution in [0.15, 0.2) is 12.1 Å². The van der Waals surface area contributed by atoms with Gasteiger partial charge in [0.1, 0.15) is 9.84 Å². The quantitative estimate of drug-likeness (QED) is 0.748. The fourth-order valence-electron chi connectivity index (χ4n) is 2.06. The molecule has 0 spiro atoms.